The maximum Gasteiger partial charge on any atom is 0.407 e. The molecule has 0 aromatic heterocycles. The van der Waals surface area contributed by atoms with Crippen LogP contribution in [-0.4, -0.2) is 71.8 Å². The topological polar surface area (TPSA) is 151 Å². The van der Waals surface area contributed by atoms with Gasteiger partial charge in [-0.2, -0.15) is 0 Å². The average Bonchev–Trinajstić information content (AvgIpc) is 2.27. The Bertz CT molecular complexity index is 278. The second kappa shape index (κ2) is 16.9. The van der Waals surface area contributed by atoms with Crippen molar-refractivity contribution in [3.8, 4) is 0 Å². The Hall–Kier alpha value is -1.20. The normalized spacial score (nSPS) is 10.4. The van der Waals surface area contributed by atoms with E-state index in [1.807, 2.05) is 0 Å². The molecule has 0 rings (SSSR count). The minimum absolute atomic E-state index is 0.0357. The quantitative estimate of drug-likeness (QED) is 0.279. The number of carboxylic acids is 2. The van der Waals surface area contributed by atoms with Gasteiger partial charge in [-0.05, 0) is 0 Å². The summed E-state index contributed by atoms with van der Waals surface area (Å²) in [7, 11) is -2.40. The van der Waals surface area contributed by atoms with Crippen LogP contribution >= 0.6 is 11.6 Å². The van der Waals surface area contributed by atoms with Crippen molar-refractivity contribution in [2.75, 3.05) is 18.7 Å². The summed E-state index contributed by atoms with van der Waals surface area (Å²) in [5.41, 5.74) is 0. The van der Waals surface area contributed by atoms with E-state index in [2.05, 4.69) is 4.74 Å². The second-order valence-corrected chi connectivity index (χ2v) is 4.77. The number of alkyl halides is 1. The van der Waals surface area contributed by atoms with Gasteiger partial charge in [-0.3, -0.25) is 14.4 Å². The SMILES string of the molecule is CC(=O)O.CC(=O)O.CC(=O)OCC(CCl)OC[Si](O)O. The number of carbonyl (C=O) groups is 3. The van der Waals surface area contributed by atoms with Gasteiger partial charge in [-0.25, -0.2) is 0 Å². The Morgan fingerprint density at radius 2 is 1.48 bits per heavy atom. The molecule has 1 radical (unpaired) electrons. The number of aliphatic carboxylic acids is 2. The van der Waals surface area contributed by atoms with E-state index < -0.39 is 33.3 Å². The summed E-state index contributed by atoms with van der Waals surface area (Å²) in [6.07, 6.45) is -0.631. The molecule has 0 aliphatic rings. The van der Waals surface area contributed by atoms with Crippen LogP contribution in [0, 0.1) is 0 Å². The lowest BCUT2D eigenvalue weighted by Crippen LogP contribution is -2.29. The number of esters is 1. The number of hydrogen-bond acceptors (Lipinski definition) is 7. The lowest BCUT2D eigenvalue weighted by atomic mass is 10.4. The Morgan fingerprint density at radius 1 is 1.10 bits per heavy atom. The number of halogens is 1. The zero-order chi connectivity index (χ0) is 17.4. The van der Waals surface area contributed by atoms with E-state index in [0.29, 0.717) is 0 Å². The third kappa shape index (κ3) is 45.5. The minimum atomic E-state index is -2.40. The Balaban J connectivity index is -0.000000334. The predicted octanol–water partition coefficient (Wildman–Crippen LogP) is -0.633. The molecule has 0 heterocycles. The summed E-state index contributed by atoms with van der Waals surface area (Å²) in [6.45, 7) is 3.48. The molecule has 0 saturated heterocycles. The van der Waals surface area contributed by atoms with Crippen LogP contribution in [0.3, 0.4) is 0 Å². The standard InChI is InChI=1S/C6H12ClO5Si.2C2H4O2/c1-5(8)11-3-6(2-7)12-4-13(9)10;2*1-2(3)4/h6,9-10H,2-4H2,1H3;2*1H3,(H,3,4). The van der Waals surface area contributed by atoms with E-state index in [0.717, 1.165) is 13.8 Å². The molecule has 125 valence electrons. The zero-order valence-electron chi connectivity index (χ0n) is 11.9. The molecule has 4 N–H and O–H groups in total. The van der Waals surface area contributed by atoms with Crippen molar-refractivity contribution in [1.82, 2.24) is 0 Å². The van der Waals surface area contributed by atoms with Crippen LogP contribution in [0.2, 0.25) is 0 Å². The zero-order valence-corrected chi connectivity index (χ0v) is 13.7. The van der Waals surface area contributed by atoms with Crippen LogP contribution in [0.25, 0.3) is 0 Å². The van der Waals surface area contributed by atoms with Gasteiger partial charge in [-0.1, -0.05) is 0 Å². The number of carbonyl (C=O) groups excluding carboxylic acids is 1. The molecule has 0 aliphatic carbocycles. The van der Waals surface area contributed by atoms with Crippen molar-refractivity contribution < 1.29 is 43.7 Å². The molecule has 0 aromatic rings. The second-order valence-electron chi connectivity index (χ2n) is 3.34. The van der Waals surface area contributed by atoms with Crippen molar-refractivity contribution in [2.24, 2.45) is 0 Å². The highest BCUT2D eigenvalue weighted by atomic mass is 35.5. The first kappa shape index (κ1) is 24.8. The van der Waals surface area contributed by atoms with E-state index >= 15 is 0 Å². The highest BCUT2D eigenvalue weighted by Gasteiger charge is 2.13. The van der Waals surface area contributed by atoms with Crippen molar-refractivity contribution in [2.45, 2.75) is 26.9 Å². The largest absolute Gasteiger partial charge is 0.481 e. The van der Waals surface area contributed by atoms with Gasteiger partial charge in [0.25, 0.3) is 11.9 Å². The maximum absolute atomic E-state index is 10.4. The molecule has 0 amide bonds. The Kier molecular flexibility index (Phi) is 19.9. The predicted molar refractivity (Wildman–Crippen MR) is 73.9 cm³/mol. The number of carboxylic acid groups (broad SMARTS) is 2. The third-order valence-electron chi connectivity index (χ3n) is 1.09. The lowest BCUT2D eigenvalue weighted by molar-refractivity contribution is -0.144. The Morgan fingerprint density at radius 3 is 1.71 bits per heavy atom. The smallest absolute Gasteiger partial charge is 0.407 e. The molecule has 1 atom stereocenters. The first-order valence-electron chi connectivity index (χ1n) is 5.46. The number of ether oxygens (including phenoxy) is 2. The van der Waals surface area contributed by atoms with E-state index in [1.54, 1.807) is 0 Å². The van der Waals surface area contributed by atoms with Crippen molar-refractivity contribution in [3.05, 3.63) is 0 Å². The van der Waals surface area contributed by atoms with Crippen molar-refractivity contribution in [1.29, 1.82) is 0 Å². The minimum Gasteiger partial charge on any atom is -0.481 e. The van der Waals surface area contributed by atoms with Crippen LogP contribution in [0.1, 0.15) is 20.8 Å². The van der Waals surface area contributed by atoms with Gasteiger partial charge >= 0.3 is 15.3 Å². The lowest BCUT2D eigenvalue weighted by Gasteiger charge is -2.14. The first-order valence-corrected chi connectivity index (χ1v) is 7.60. The van der Waals surface area contributed by atoms with E-state index in [9.17, 15) is 4.79 Å². The Labute approximate surface area is 128 Å². The summed E-state index contributed by atoms with van der Waals surface area (Å²) >= 11 is 5.47. The van der Waals surface area contributed by atoms with Crippen LogP contribution in [-0.2, 0) is 23.9 Å². The van der Waals surface area contributed by atoms with Gasteiger partial charge in [0, 0.05) is 20.8 Å². The van der Waals surface area contributed by atoms with E-state index in [4.69, 9.17) is 45.7 Å². The van der Waals surface area contributed by atoms with Gasteiger partial charge in [0.1, 0.15) is 12.7 Å². The summed E-state index contributed by atoms with van der Waals surface area (Å²) in [4.78, 5) is 45.5. The fourth-order valence-electron chi connectivity index (χ4n) is 0.540. The molecule has 0 bridgehead atoms. The van der Waals surface area contributed by atoms with Crippen LogP contribution in [0.15, 0.2) is 0 Å². The molecule has 0 saturated carbocycles. The number of hydrogen-bond donors (Lipinski definition) is 4. The van der Waals surface area contributed by atoms with Crippen molar-refractivity contribution >= 4 is 38.8 Å². The summed E-state index contributed by atoms with van der Waals surface area (Å²) in [5.74, 6) is -1.94. The van der Waals surface area contributed by atoms with Gasteiger partial charge in [0.15, 0.2) is 0 Å². The monoisotopic (exact) mass is 347 g/mol. The molecular weight excluding hydrogens is 328 g/mol. The van der Waals surface area contributed by atoms with Crippen LogP contribution < -0.4 is 0 Å². The van der Waals surface area contributed by atoms with Crippen LogP contribution in [0.4, 0.5) is 0 Å². The van der Waals surface area contributed by atoms with Gasteiger partial charge < -0.3 is 29.3 Å². The van der Waals surface area contributed by atoms with Gasteiger partial charge in [0.2, 0.25) is 0 Å². The van der Waals surface area contributed by atoms with Crippen LogP contribution in [0.5, 0.6) is 0 Å². The van der Waals surface area contributed by atoms with E-state index in [1.165, 1.54) is 6.92 Å². The molecule has 0 aliphatic heterocycles. The molecule has 1 unspecified atom stereocenters. The fraction of sp³-hybridized carbons (Fsp3) is 0.700. The molecule has 0 fully saturated rings. The molecular formula is C10H20ClO9Si. The molecule has 0 aromatic carbocycles. The highest BCUT2D eigenvalue weighted by Crippen LogP contribution is 1.97. The highest BCUT2D eigenvalue weighted by molar-refractivity contribution is 6.40. The first-order chi connectivity index (χ1) is 9.52. The van der Waals surface area contributed by atoms with Gasteiger partial charge in [0.05, 0.1) is 12.1 Å². The molecule has 11 heteroatoms. The average molecular weight is 348 g/mol. The van der Waals surface area contributed by atoms with E-state index in [-0.39, 0.29) is 18.7 Å². The maximum atomic E-state index is 10.4. The summed E-state index contributed by atoms with van der Waals surface area (Å²) < 4.78 is 9.57. The summed E-state index contributed by atoms with van der Waals surface area (Å²) in [6, 6.07) is 0. The molecule has 9 nitrogen and oxygen atoms in total. The van der Waals surface area contributed by atoms with Gasteiger partial charge in [-0.15, -0.1) is 11.6 Å². The third-order valence-corrected chi connectivity index (χ3v) is 1.86. The van der Waals surface area contributed by atoms with Crippen molar-refractivity contribution in [3.63, 3.8) is 0 Å². The fourth-order valence-corrected chi connectivity index (χ4v) is 1.10. The molecule has 0 spiro atoms. The number of rotatable bonds is 6. The molecule has 21 heavy (non-hydrogen) atoms. The summed E-state index contributed by atoms with van der Waals surface area (Å²) in [5, 5.41) is 14.8.